The Kier molecular flexibility index (Phi) is 29.1. The van der Waals surface area contributed by atoms with Gasteiger partial charge in [0.25, 0.3) is 5.97 Å². The lowest BCUT2D eigenvalue weighted by Gasteiger charge is -2.05. The van der Waals surface area contributed by atoms with Crippen LogP contribution in [0, 0.1) is 0 Å². The third-order valence-electron chi connectivity index (χ3n) is 5.94. The summed E-state index contributed by atoms with van der Waals surface area (Å²) in [7, 11) is 0. The highest BCUT2D eigenvalue weighted by Gasteiger charge is 2.04. The Bertz CT molecular complexity index is 734. The van der Waals surface area contributed by atoms with Gasteiger partial charge in [0.2, 0.25) is 5.91 Å². The predicted molar refractivity (Wildman–Crippen MR) is 156 cm³/mol. The number of nitrogens with one attached hydrogen (secondary N) is 1. The molecule has 0 aliphatic heterocycles. The number of hydrogen-bond donors (Lipinski definition) is 4. The lowest BCUT2D eigenvalue weighted by Crippen LogP contribution is -2.24. The van der Waals surface area contributed by atoms with Gasteiger partial charge in [-0.05, 0) is 18.6 Å². The molecule has 0 aliphatic rings. The molecule has 1 rings (SSSR count). The van der Waals surface area contributed by atoms with Gasteiger partial charge in [0, 0.05) is 19.9 Å². The number of benzene rings is 1. The molecule has 0 spiro atoms. The van der Waals surface area contributed by atoms with E-state index >= 15 is 0 Å². The quantitative estimate of drug-likeness (QED) is 0.115. The predicted octanol–water partition coefficient (Wildman–Crippen LogP) is 7.70. The smallest absolute Gasteiger partial charge is 0.335 e. The Morgan fingerprint density at radius 2 is 1.00 bits per heavy atom. The molecule has 224 valence electrons. The standard InChI is InChI=1S/C22H43NO3.C7H6O2.C2H4O2/c1-2-3-4-5-6-7-8-9-10-11-12-13-14-15-16-17-20-23-21(24)18-19-22(25)26;8-7(9)6-4-2-1-3-5-6;1-2(3)4/h2-20H2,1H3,(H,23,24)(H,25,26);1-5H,(H,8,9);1H3,(H,3,4). The minimum atomic E-state index is -0.914. The van der Waals surface area contributed by atoms with Crippen LogP contribution in [0.1, 0.15) is 140 Å². The van der Waals surface area contributed by atoms with Crippen molar-refractivity contribution >= 4 is 23.8 Å². The van der Waals surface area contributed by atoms with Crippen LogP contribution in [0.25, 0.3) is 0 Å². The molecule has 0 saturated carbocycles. The minimum absolute atomic E-state index is 0.0786. The molecule has 8 heteroatoms. The van der Waals surface area contributed by atoms with Gasteiger partial charge in [-0.15, -0.1) is 0 Å². The normalized spacial score (nSPS) is 9.90. The molecule has 1 aromatic carbocycles. The van der Waals surface area contributed by atoms with E-state index in [0.717, 1.165) is 19.8 Å². The summed E-state index contributed by atoms with van der Waals surface area (Å²) >= 11 is 0. The fourth-order valence-electron chi connectivity index (χ4n) is 3.79. The van der Waals surface area contributed by atoms with E-state index in [1.54, 1.807) is 30.3 Å². The van der Waals surface area contributed by atoms with Gasteiger partial charge in [0.05, 0.1) is 12.0 Å². The Balaban J connectivity index is 0. The second kappa shape index (κ2) is 29.7. The maximum atomic E-state index is 11.3. The highest BCUT2D eigenvalue weighted by atomic mass is 16.4. The number of aliphatic carboxylic acids is 2. The Hall–Kier alpha value is -2.90. The van der Waals surface area contributed by atoms with Crippen molar-refractivity contribution in [2.24, 2.45) is 0 Å². The molecule has 1 aromatic rings. The van der Waals surface area contributed by atoms with Crippen LogP contribution in [0.4, 0.5) is 0 Å². The van der Waals surface area contributed by atoms with Crippen LogP contribution in [-0.4, -0.2) is 45.7 Å². The number of rotatable bonds is 21. The Morgan fingerprint density at radius 1 is 0.615 bits per heavy atom. The molecule has 0 fully saturated rings. The lowest BCUT2D eigenvalue weighted by molar-refractivity contribution is -0.138. The summed E-state index contributed by atoms with van der Waals surface area (Å²) in [6.45, 7) is 4.03. The average molecular weight is 552 g/mol. The zero-order chi connectivity index (χ0) is 29.6. The minimum Gasteiger partial charge on any atom is -0.481 e. The summed E-state index contributed by atoms with van der Waals surface area (Å²) in [6, 6.07) is 8.30. The van der Waals surface area contributed by atoms with E-state index in [0.29, 0.717) is 12.1 Å². The first-order chi connectivity index (χ1) is 18.7. The largest absolute Gasteiger partial charge is 0.481 e. The molecule has 0 saturated heterocycles. The molecule has 0 unspecified atom stereocenters. The van der Waals surface area contributed by atoms with Gasteiger partial charge >= 0.3 is 11.9 Å². The summed E-state index contributed by atoms with van der Waals surface area (Å²) in [6.07, 6.45) is 21.5. The fourth-order valence-corrected chi connectivity index (χ4v) is 3.79. The van der Waals surface area contributed by atoms with Crippen LogP contribution in [-0.2, 0) is 14.4 Å². The molecule has 8 nitrogen and oxygen atoms in total. The number of hydrogen-bond acceptors (Lipinski definition) is 4. The molecule has 4 N–H and O–H groups in total. The fraction of sp³-hybridized carbons (Fsp3) is 0.677. The van der Waals surface area contributed by atoms with Crippen LogP contribution < -0.4 is 5.32 Å². The van der Waals surface area contributed by atoms with E-state index in [4.69, 9.17) is 20.1 Å². The first-order valence-electron chi connectivity index (χ1n) is 14.7. The van der Waals surface area contributed by atoms with Crippen LogP contribution >= 0.6 is 0 Å². The van der Waals surface area contributed by atoms with Crippen molar-refractivity contribution in [1.29, 1.82) is 0 Å². The van der Waals surface area contributed by atoms with E-state index in [9.17, 15) is 14.4 Å². The molecule has 39 heavy (non-hydrogen) atoms. The zero-order valence-corrected chi connectivity index (χ0v) is 24.3. The average Bonchev–Trinajstić information content (AvgIpc) is 2.89. The molecule has 1 amide bonds. The van der Waals surface area contributed by atoms with Crippen molar-refractivity contribution < 1.29 is 34.5 Å². The third kappa shape index (κ3) is 35.1. The van der Waals surface area contributed by atoms with Crippen LogP contribution in [0.3, 0.4) is 0 Å². The van der Waals surface area contributed by atoms with Crippen molar-refractivity contribution in [3.63, 3.8) is 0 Å². The molecule has 0 atom stereocenters. The van der Waals surface area contributed by atoms with Gasteiger partial charge in [0.1, 0.15) is 0 Å². The molecular formula is C31H53NO7. The van der Waals surface area contributed by atoms with E-state index < -0.39 is 17.9 Å². The Labute approximate surface area is 235 Å². The first-order valence-corrected chi connectivity index (χ1v) is 14.7. The van der Waals surface area contributed by atoms with Crippen LogP contribution in [0.2, 0.25) is 0 Å². The van der Waals surface area contributed by atoms with E-state index in [-0.39, 0.29) is 18.7 Å². The van der Waals surface area contributed by atoms with Gasteiger partial charge in [-0.2, -0.15) is 0 Å². The van der Waals surface area contributed by atoms with Crippen molar-refractivity contribution in [1.82, 2.24) is 5.32 Å². The van der Waals surface area contributed by atoms with Crippen LogP contribution in [0.15, 0.2) is 30.3 Å². The molecule has 0 bridgehead atoms. The summed E-state index contributed by atoms with van der Waals surface area (Å²) < 4.78 is 0. The highest BCUT2D eigenvalue weighted by Crippen LogP contribution is 2.13. The lowest BCUT2D eigenvalue weighted by atomic mass is 10.0. The summed E-state index contributed by atoms with van der Waals surface area (Å²) in [5.74, 6) is -2.77. The summed E-state index contributed by atoms with van der Waals surface area (Å²) in [5.41, 5.74) is 0.331. The third-order valence-corrected chi connectivity index (χ3v) is 5.94. The topological polar surface area (TPSA) is 141 Å². The number of carbonyl (C=O) groups excluding carboxylic acids is 1. The van der Waals surface area contributed by atoms with Crippen molar-refractivity contribution in [3.05, 3.63) is 35.9 Å². The number of carboxylic acids is 3. The summed E-state index contributed by atoms with van der Waals surface area (Å²) in [5, 5.41) is 27.1. The van der Waals surface area contributed by atoms with E-state index in [2.05, 4.69) is 12.2 Å². The Morgan fingerprint density at radius 3 is 1.33 bits per heavy atom. The number of carboxylic acid groups (broad SMARTS) is 3. The van der Waals surface area contributed by atoms with E-state index in [1.807, 2.05) is 0 Å². The highest BCUT2D eigenvalue weighted by molar-refractivity contribution is 5.87. The number of amides is 1. The van der Waals surface area contributed by atoms with E-state index in [1.165, 1.54) is 89.9 Å². The maximum Gasteiger partial charge on any atom is 0.335 e. The van der Waals surface area contributed by atoms with Gasteiger partial charge in [0.15, 0.2) is 0 Å². The second-order valence-electron chi connectivity index (χ2n) is 9.74. The molecule has 0 aromatic heterocycles. The molecule has 0 aliphatic carbocycles. The first kappa shape index (κ1) is 38.2. The maximum absolute atomic E-state index is 11.3. The van der Waals surface area contributed by atoms with Crippen LogP contribution in [0.5, 0.6) is 0 Å². The second-order valence-corrected chi connectivity index (χ2v) is 9.74. The molecule has 0 radical (unpaired) electrons. The van der Waals surface area contributed by atoms with Gasteiger partial charge in [-0.1, -0.05) is 121 Å². The SMILES string of the molecule is CC(=O)O.CCCCCCCCCCCCCCCCCCNC(=O)CCC(=O)O.O=C(O)c1ccccc1. The van der Waals surface area contributed by atoms with Crippen molar-refractivity contribution in [3.8, 4) is 0 Å². The van der Waals surface area contributed by atoms with Gasteiger partial charge < -0.3 is 20.6 Å². The molecular weight excluding hydrogens is 498 g/mol. The molecule has 0 heterocycles. The van der Waals surface area contributed by atoms with Crippen molar-refractivity contribution in [2.75, 3.05) is 6.54 Å². The summed E-state index contributed by atoms with van der Waals surface area (Å²) in [4.78, 5) is 40.9. The monoisotopic (exact) mass is 551 g/mol. The number of aromatic carboxylic acids is 1. The zero-order valence-electron chi connectivity index (χ0n) is 24.3. The van der Waals surface area contributed by atoms with Gasteiger partial charge in [-0.3, -0.25) is 14.4 Å². The van der Waals surface area contributed by atoms with Crippen molar-refractivity contribution in [2.45, 2.75) is 129 Å². The number of unbranched alkanes of at least 4 members (excludes halogenated alkanes) is 15. The number of carbonyl (C=O) groups is 4. The van der Waals surface area contributed by atoms with Gasteiger partial charge in [-0.25, -0.2) is 4.79 Å².